The minimum atomic E-state index is -4.83. The number of anilines is 2. The number of carbonyl (C=O) groups excluding carboxylic acids is 1. The molecular weight excluding hydrogens is 600 g/mol. The third-order valence-corrected chi connectivity index (χ3v) is 6.93. The molecule has 0 atom stereocenters. The van der Waals surface area contributed by atoms with Crippen LogP contribution in [0.3, 0.4) is 0 Å². The SMILES string of the molecule is CN1CCN(Cc2ccc(NC(=O)c3ccc(Cl)c(C#Cc4cc(COC(F)(F)F)cnc4N)c3)cc2C(F)(F)F)CC1. The van der Waals surface area contributed by atoms with Gasteiger partial charge in [-0.2, -0.15) is 13.2 Å². The van der Waals surface area contributed by atoms with Crippen molar-refractivity contribution < 1.29 is 35.9 Å². The van der Waals surface area contributed by atoms with Gasteiger partial charge in [-0.05, 0) is 54.6 Å². The van der Waals surface area contributed by atoms with Gasteiger partial charge in [-0.25, -0.2) is 4.98 Å². The fourth-order valence-electron chi connectivity index (χ4n) is 4.27. The van der Waals surface area contributed by atoms with Crippen LogP contribution in [0.1, 0.15) is 38.2 Å². The minimum Gasteiger partial charge on any atom is -0.383 e. The molecule has 1 fully saturated rings. The number of nitrogen functional groups attached to an aromatic ring is 1. The molecule has 4 rings (SSSR count). The van der Waals surface area contributed by atoms with Crippen molar-refractivity contribution >= 4 is 29.0 Å². The van der Waals surface area contributed by atoms with Crippen molar-refractivity contribution in [2.75, 3.05) is 44.3 Å². The highest BCUT2D eigenvalue weighted by molar-refractivity contribution is 6.32. The van der Waals surface area contributed by atoms with E-state index in [0.29, 0.717) is 13.1 Å². The lowest BCUT2D eigenvalue weighted by Crippen LogP contribution is -2.44. The molecule has 1 saturated heterocycles. The number of ether oxygens (including phenoxy) is 1. The van der Waals surface area contributed by atoms with E-state index in [0.717, 1.165) is 25.4 Å². The Morgan fingerprint density at radius 1 is 1.02 bits per heavy atom. The number of piperazine rings is 1. The van der Waals surface area contributed by atoms with Crippen LogP contribution in [0, 0.1) is 11.8 Å². The average molecular weight is 626 g/mol. The maximum absolute atomic E-state index is 13.9. The molecule has 0 aliphatic carbocycles. The zero-order valence-electron chi connectivity index (χ0n) is 22.7. The van der Waals surface area contributed by atoms with Crippen LogP contribution in [-0.4, -0.2) is 60.3 Å². The highest BCUT2D eigenvalue weighted by Gasteiger charge is 2.34. The number of hydrogen-bond donors (Lipinski definition) is 2. The lowest BCUT2D eigenvalue weighted by Gasteiger charge is -2.33. The number of likely N-dealkylation sites (N-methyl/N-ethyl adjacent to an activating group) is 1. The molecule has 0 radical (unpaired) electrons. The Morgan fingerprint density at radius 2 is 1.72 bits per heavy atom. The third-order valence-electron chi connectivity index (χ3n) is 6.60. The van der Waals surface area contributed by atoms with Crippen LogP contribution in [0.4, 0.5) is 37.8 Å². The van der Waals surface area contributed by atoms with Crippen LogP contribution in [0.5, 0.6) is 0 Å². The molecule has 1 aromatic heterocycles. The van der Waals surface area contributed by atoms with E-state index >= 15 is 0 Å². The van der Waals surface area contributed by atoms with Crippen molar-refractivity contribution in [1.29, 1.82) is 0 Å². The van der Waals surface area contributed by atoms with E-state index in [1.165, 1.54) is 36.4 Å². The van der Waals surface area contributed by atoms with Gasteiger partial charge in [0.05, 0.1) is 22.8 Å². The number of aromatic nitrogens is 1. The molecule has 0 bridgehead atoms. The Labute approximate surface area is 248 Å². The van der Waals surface area contributed by atoms with Crippen molar-refractivity contribution in [1.82, 2.24) is 14.8 Å². The molecule has 3 aromatic rings. The number of nitrogens with two attached hydrogens (primary N) is 1. The van der Waals surface area contributed by atoms with Gasteiger partial charge in [-0.1, -0.05) is 29.5 Å². The summed E-state index contributed by atoms with van der Waals surface area (Å²) in [6.45, 7) is 2.15. The van der Waals surface area contributed by atoms with Crippen molar-refractivity contribution in [2.45, 2.75) is 25.7 Å². The van der Waals surface area contributed by atoms with Gasteiger partial charge >= 0.3 is 12.5 Å². The summed E-state index contributed by atoms with van der Waals surface area (Å²) in [6, 6.07) is 9.05. The number of carbonyl (C=O) groups is 1. The molecule has 2 heterocycles. The predicted molar refractivity (Wildman–Crippen MR) is 149 cm³/mol. The van der Waals surface area contributed by atoms with E-state index in [1.54, 1.807) is 0 Å². The smallest absolute Gasteiger partial charge is 0.383 e. The Balaban J connectivity index is 1.52. The van der Waals surface area contributed by atoms with Crippen LogP contribution in [0.25, 0.3) is 0 Å². The number of benzene rings is 2. The molecule has 0 unspecified atom stereocenters. The topological polar surface area (TPSA) is 83.7 Å². The standard InChI is InChI=1S/C29H26ClF6N5O2/c1-40-8-10-41(11-9-40)16-22-4-6-23(14-24(22)28(31,32)33)39-27(42)21-5-7-25(30)19(13-21)2-3-20-12-18(15-38-26(20)37)17-43-29(34,35)36/h4-7,12-15H,8-11,16-17H2,1H3,(H2,37,38)(H,39,42). The Hall–Kier alpha value is -3.83. The number of alkyl halides is 6. The van der Waals surface area contributed by atoms with Gasteiger partial charge in [-0.15, -0.1) is 13.2 Å². The van der Waals surface area contributed by atoms with Gasteiger partial charge in [0.25, 0.3) is 5.91 Å². The van der Waals surface area contributed by atoms with Crippen LogP contribution in [-0.2, 0) is 24.1 Å². The first-order valence-electron chi connectivity index (χ1n) is 12.9. The molecule has 0 spiro atoms. The second-order valence-corrected chi connectivity index (χ2v) is 10.3. The molecule has 14 heteroatoms. The van der Waals surface area contributed by atoms with Gasteiger partial charge in [0, 0.05) is 55.7 Å². The van der Waals surface area contributed by atoms with E-state index in [9.17, 15) is 31.1 Å². The fourth-order valence-corrected chi connectivity index (χ4v) is 4.43. The van der Waals surface area contributed by atoms with E-state index in [-0.39, 0.29) is 50.9 Å². The van der Waals surface area contributed by atoms with Crippen LogP contribution in [0.15, 0.2) is 48.7 Å². The number of rotatable bonds is 6. The van der Waals surface area contributed by atoms with E-state index in [2.05, 4.69) is 31.8 Å². The first kappa shape index (κ1) is 32.1. The quantitative estimate of drug-likeness (QED) is 0.267. The molecule has 2 aromatic carbocycles. The maximum Gasteiger partial charge on any atom is 0.522 e. The van der Waals surface area contributed by atoms with Crippen LogP contribution < -0.4 is 11.1 Å². The summed E-state index contributed by atoms with van der Waals surface area (Å²) in [4.78, 5) is 20.8. The largest absolute Gasteiger partial charge is 0.522 e. The normalized spacial score (nSPS) is 14.7. The summed E-state index contributed by atoms with van der Waals surface area (Å²) in [5.41, 5.74) is 5.43. The van der Waals surface area contributed by atoms with Gasteiger partial charge in [0.15, 0.2) is 0 Å². The third kappa shape index (κ3) is 9.08. The van der Waals surface area contributed by atoms with Gasteiger partial charge in [0.1, 0.15) is 5.82 Å². The highest BCUT2D eigenvalue weighted by Crippen LogP contribution is 2.35. The minimum absolute atomic E-state index is 0.0428. The van der Waals surface area contributed by atoms with Crippen LogP contribution in [0.2, 0.25) is 5.02 Å². The van der Waals surface area contributed by atoms with Gasteiger partial charge in [-0.3, -0.25) is 14.4 Å². The molecule has 43 heavy (non-hydrogen) atoms. The first-order valence-corrected chi connectivity index (χ1v) is 13.2. The summed E-state index contributed by atoms with van der Waals surface area (Å²) in [7, 11) is 1.96. The Kier molecular flexibility index (Phi) is 9.86. The van der Waals surface area contributed by atoms with E-state index in [4.69, 9.17) is 17.3 Å². The Morgan fingerprint density at radius 3 is 2.40 bits per heavy atom. The molecule has 228 valence electrons. The maximum atomic E-state index is 13.9. The lowest BCUT2D eigenvalue weighted by atomic mass is 10.0. The van der Waals surface area contributed by atoms with Gasteiger partial charge < -0.3 is 16.0 Å². The summed E-state index contributed by atoms with van der Waals surface area (Å²) in [5, 5.41) is 2.64. The molecule has 0 saturated carbocycles. The van der Waals surface area contributed by atoms with Gasteiger partial charge in [0.2, 0.25) is 0 Å². The van der Waals surface area contributed by atoms with Crippen LogP contribution >= 0.6 is 11.6 Å². The molecule has 1 amide bonds. The molecule has 1 aliphatic heterocycles. The number of nitrogens with zero attached hydrogens (tertiary/aromatic N) is 3. The molecule has 3 N–H and O–H groups in total. The molecule has 1 aliphatic rings. The zero-order valence-corrected chi connectivity index (χ0v) is 23.5. The van der Waals surface area contributed by atoms with Crippen molar-refractivity contribution in [3.8, 4) is 11.8 Å². The first-order chi connectivity index (χ1) is 20.2. The zero-order chi connectivity index (χ0) is 31.4. The second kappa shape index (κ2) is 13.2. The monoisotopic (exact) mass is 625 g/mol. The number of halogens is 7. The summed E-state index contributed by atoms with van der Waals surface area (Å²) in [6.07, 6.45) is -8.34. The van der Waals surface area contributed by atoms with Crippen molar-refractivity contribution in [2.24, 2.45) is 0 Å². The highest BCUT2D eigenvalue weighted by atomic mass is 35.5. The van der Waals surface area contributed by atoms with Crippen molar-refractivity contribution in [3.05, 3.63) is 87.1 Å². The fraction of sp³-hybridized carbons (Fsp3) is 0.310. The second-order valence-electron chi connectivity index (χ2n) is 9.86. The Bertz CT molecular complexity index is 1540. The molecular formula is C29H26ClF6N5O2. The van der Waals surface area contributed by atoms with Crippen molar-refractivity contribution in [3.63, 3.8) is 0 Å². The summed E-state index contributed by atoms with van der Waals surface area (Å²) in [5.74, 6) is 4.62. The van der Waals surface area contributed by atoms with E-state index < -0.39 is 30.6 Å². The average Bonchev–Trinajstić information content (AvgIpc) is 2.93. The number of pyridine rings is 1. The summed E-state index contributed by atoms with van der Waals surface area (Å²) >= 11 is 6.22. The molecule has 7 nitrogen and oxygen atoms in total. The lowest BCUT2D eigenvalue weighted by molar-refractivity contribution is -0.330. The number of amides is 1. The number of nitrogens with one attached hydrogen (secondary N) is 1. The predicted octanol–water partition coefficient (Wildman–Crippen LogP) is 5.77. The van der Waals surface area contributed by atoms with E-state index in [1.807, 2.05) is 11.9 Å². The summed E-state index contributed by atoms with van der Waals surface area (Å²) < 4.78 is 82.7. The number of hydrogen-bond acceptors (Lipinski definition) is 6.